The maximum Gasteiger partial charge on any atom is 0.267 e. The molecular weight excluding hydrogens is 432 g/mol. The first-order chi connectivity index (χ1) is 15.2. The third-order valence-corrected chi connectivity index (χ3v) is 5.74. The fourth-order valence-electron chi connectivity index (χ4n) is 3.17. The van der Waals surface area contributed by atoms with Crippen LogP contribution >= 0.6 is 22.9 Å². The molecule has 31 heavy (non-hydrogen) atoms. The SMILES string of the molecule is O=c1c2ccccc2nc(CNc2cnccn2)n1-c1nc(-c2ccc(Cl)cc2)cs1. The molecule has 9 heteroatoms. The van der Waals surface area contributed by atoms with Crippen molar-refractivity contribution in [1.29, 1.82) is 0 Å². The minimum Gasteiger partial charge on any atom is -0.362 e. The van der Waals surface area contributed by atoms with Gasteiger partial charge < -0.3 is 5.32 Å². The van der Waals surface area contributed by atoms with E-state index >= 15 is 0 Å². The van der Waals surface area contributed by atoms with Gasteiger partial charge in [0.2, 0.25) is 0 Å². The predicted molar refractivity (Wildman–Crippen MR) is 123 cm³/mol. The predicted octanol–water partition coefficient (Wildman–Crippen LogP) is 4.56. The number of nitrogens with one attached hydrogen (secondary N) is 1. The van der Waals surface area contributed by atoms with Gasteiger partial charge in [-0.3, -0.25) is 9.78 Å². The molecule has 152 valence electrons. The van der Waals surface area contributed by atoms with E-state index < -0.39 is 0 Å². The van der Waals surface area contributed by atoms with E-state index in [4.69, 9.17) is 21.6 Å². The average molecular weight is 447 g/mol. The van der Waals surface area contributed by atoms with Gasteiger partial charge in [0.05, 0.1) is 29.3 Å². The van der Waals surface area contributed by atoms with E-state index in [0.29, 0.717) is 32.7 Å². The molecule has 0 amide bonds. The van der Waals surface area contributed by atoms with E-state index in [1.54, 1.807) is 29.2 Å². The molecule has 0 atom stereocenters. The summed E-state index contributed by atoms with van der Waals surface area (Å²) in [7, 11) is 0. The summed E-state index contributed by atoms with van der Waals surface area (Å²) in [5.74, 6) is 1.13. The lowest BCUT2D eigenvalue weighted by molar-refractivity contribution is 0.830. The number of rotatable bonds is 5. The highest BCUT2D eigenvalue weighted by atomic mass is 35.5. The number of hydrogen-bond acceptors (Lipinski definition) is 7. The summed E-state index contributed by atoms with van der Waals surface area (Å²) >= 11 is 7.38. The van der Waals surface area contributed by atoms with Crippen molar-refractivity contribution in [1.82, 2.24) is 24.5 Å². The monoisotopic (exact) mass is 446 g/mol. The van der Waals surface area contributed by atoms with Crippen LogP contribution in [-0.4, -0.2) is 24.5 Å². The Bertz CT molecular complexity index is 1420. The van der Waals surface area contributed by atoms with Gasteiger partial charge in [0, 0.05) is 28.4 Å². The number of para-hydroxylation sites is 1. The highest BCUT2D eigenvalue weighted by Crippen LogP contribution is 2.26. The normalized spacial score (nSPS) is 11.0. The van der Waals surface area contributed by atoms with Crippen LogP contribution in [0.4, 0.5) is 5.82 Å². The summed E-state index contributed by atoms with van der Waals surface area (Å²) in [5.41, 5.74) is 2.16. The van der Waals surface area contributed by atoms with Gasteiger partial charge in [0.1, 0.15) is 11.6 Å². The van der Waals surface area contributed by atoms with Crippen LogP contribution in [0.3, 0.4) is 0 Å². The van der Waals surface area contributed by atoms with Gasteiger partial charge in [-0.2, -0.15) is 0 Å². The number of nitrogens with zero attached hydrogens (tertiary/aromatic N) is 5. The van der Waals surface area contributed by atoms with E-state index in [2.05, 4.69) is 15.3 Å². The van der Waals surface area contributed by atoms with Gasteiger partial charge in [-0.25, -0.2) is 19.5 Å². The number of benzene rings is 2. The smallest absolute Gasteiger partial charge is 0.267 e. The zero-order valence-corrected chi connectivity index (χ0v) is 17.6. The van der Waals surface area contributed by atoms with Gasteiger partial charge in [-0.05, 0) is 24.3 Å². The van der Waals surface area contributed by atoms with E-state index in [0.717, 1.165) is 11.3 Å². The van der Waals surface area contributed by atoms with Crippen molar-refractivity contribution in [3.05, 3.63) is 93.7 Å². The topological polar surface area (TPSA) is 85.6 Å². The van der Waals surface area contributed by atoms with Crippen LogP contribution in [0.15, 0.2) is 77.3 Å². The Morgan fingerprint density at radius 1 is 1.03 bits per heavy atom. The number of halogens is 1. The molecule has 3 heterocycles. The lowest BCUT2D eigenvalue weighted by Gasteiger charge is -2.12. The van der Waals surface area contributed by atoms with Gasteiger partial charge in [-0.15, -0.1) is 11.3 Å². The molecule has 0 bridgehead atoms. The average Bonchev–Trinajstić information content (AvgIpc) is 3.28. The Morgan fingerprint density at radius 3 is 2.68 bits per heavy atom. The van der Waals surface area contributed by atoms with Crippen LogP contribution < -0.4 is 10.9 Å². The number of aromatic nitrogens is 5. The first-order valence-corrected chi connectivity index (χ1v) is 10.7. The first kappa shape index (κ1) is 19.3. The molecule has 2 aromatic carbocycles. The molecule has 3 aromatic heterocycles. The molecule has 0 saturated carbocycles. The quantitative estimate of drug-likeness (QED) is 0.425. The molecular formula is C22H15ClN6OS. The Morgan fingerprint density at radius 2 is 1.87 bits per heavy atom. The van der Waals surface area contributed by atoms with Crippen LogP contribution in [0.5, 0.6) is 0 Å². The van der Waals surface area contributed by atoms with Crippen LogP contribution in [-0.2, 0) is 6.54 Å². The minimum atomic E-state index is -0.168. The summed E-state index contributed by atoms with van der Waals surface area (Å²) in [6, 6.07) is 14.7. The van der Waals surface area contributed by atoms with Crippen molar-refractivity contribution in [3.8, 4) is 16.4 Å². The molecule has 0 unspecified atom stereocenters. The highest BCUT2D eigenvalue weighted by Gasteiger charge is 2.16. The van der Waals surface area contributed by atoms with Gasteiger partial charge in [0.25, 0.3) is 5.56 Å². The third kappa shape index (κ3) is 3.90. The van der Waals surface area contributed by atoms with E-state index in [-0.39, 0.29) is 12.1 Å². The lowest BCUT2D eigenvalue weighted by atomic mass is 10.2. The van der Waals surface area contributed by atoms with Crippen molar-refractivity contribution in [2.75, 3.05) is 5.32 Å². The summed E-state index contributed by atoms with van der Waals surface area (Å²) in [5, 5.41) is 6.83. The molecule has 0 aliphatic carbocycles. The zero-order valence-electron chi connectivity index (χ0n) is 16.1. The Balaban J connectivity index is 1.60. The highest BCUT2D eigenvalue weighted by molar-refractivity contribution is 7.12. The Labute approximate surface area is 186 Å². The molecule has 0 radical (unpaired) electrons. The standard InChI is InChI=1S/C22H15ClN6OS/c23-15-7-5-14(6-8-15)18-13-31-22(28-18)29-20(12-26-19-11-24-9-10-25-19)27-17-4-2-1-3-16(17)21(29)30/h1-11,13H,12H2,(H,25,26). The number of fused-ring (bicyclic) bond motifs is 1. The lowest BCUT2D eigenvalue weighted by Crippen LogP contribution is -2.25. The summed E-state index contributed by atoms with van der Waals surface area (Å²) < 4.78 is 1.55. The van der Waals surface area contributed by atoms with E-state index in [1.165, 1.54) is 11.3 Å². The van der Waals surface area contributed by atoms with Crippen molar-refractivity contribution in [3.63, 3.8) is 0 Å². The van der Waals surface area contributed by atoms with Gasteiger partial charge >= 0.3 is 0 Å². The number of thiazole rings is 1. The van der Waals surface area contributed by atoms with Crippen LogP contribution in [0.2, 0.25) is 5.02 Å². The minimum absolute atomic E-state index is 0.168. The molecule has 5 aromatic rings. The van der Waals surface area contributed by atoms with E-state index in [1.807, 2.05) is 47.8 Å². The van der Waals surface area contributed by atoms with Crippen LogP contribution in [0, 0.1) is 0 Å². The van der Waals surface area contributed by atoms with Crippen molar-refractivity contribution >= 4 is 39.7 Å². The fourth-order valence-corrected chi connectivity index (χ4v) is 4.15. The van der Waals surface area contributed by atoms with Gasteiger partial charge in [0.15, 0.2) is 5.13 Å². The first-order valence-electron chi connectivity index (χ1n) is 9.41. The van der Waals surface area contributed by atoms with Crippen LogP contribution in [0.1, 0.15) is 5.82 Å². The van der Waals surface area contributed by atoms with Crippen molar-refractivity contribution < 1.29 is 0 Å². The molecule has 0 saturated heterocycles. The molecule has 7 nitrogen and oxygen atoms in total. The molecule has 0 aliphatic heterocycles. The number of hydrogen-bond donors (Lipinski definition) is 1. The zero-order chi connectivity index (χ0) is 21.2. The Kier molecular flexibility index (Phi) is 5.15. The second kappa shape index (κ2) is 8.25. The summed E-state index contributed by atoms with van der Waals surface area (Å²) in [6.07, 6.45) is 4.82. The molecule has 0 spiro atoms. The van der Waals surface area contributed by atoms with Crippen molar-refractivity contribution in [2.45, 2.75) is 6.54 Å². The molecule has 1 N–H and O–H groups in total. The van der Waals surface area contributed by atoms with Crippen LogP contribution in [0.25, 0.3) is 27.3 Å². The van der Waals surface area contributed by atoms with Crippen molar-refractivity contribution in [2.24, 2.45) is 0 Å². The maximum absolute atomic E-state index is 13.4. The summed E-state index contributed by atoms with van der Waals surface area (Å²) in [4.78, 5) is 31.1. The summed E-state index contributed by atoms with van der Waals surface area (Å²) in [6.45, 7) is 0.286. The third-order valence-electron chi connectivity index (χ3n) is 4.66. The second-order valence-electron chi connectivity index (χ2n) is 6.65. The molecule has 0 fully saturated rings. The van der Waals surface area contributed by atoms with E-state index in [9.17, 15) is 4.79 Å². The largest absolute Gasteiger partial charge is 0.362 e. The number of anilines is 1. The molecule has 0 aliphatic rings. The Hall–Kier alpha value is -3.62. The second-order valence-corrected chi connectivity index (χ2v) is 7.93. The van der Waals surface area contributed by atoms with Gasteiger partial charge in [-0.1, -0.05) is 35.9 Å². The maximum atomic E-state index is 13.4. The molecule has 5 rings (SSSR count). The fraction of sp³-hybridized carbons (Fsp3) is 0.0455.